The van der Waals surface area contributed by atoms with E-state index < -0.39 is 0 Å². The number of tetrazole rings is 1. The lowest BCUT2D eigenvalue weighted by atomic mass is 10.1. The number of thioether (sulfide) groups is 1. The molecule has 0 fully saturated rings. The van der Waals surface area contributed by atoms with Crippen molar-refractivity contribution >= 4 is 34.1 Å². The molecule has 0 bridgehead atoms. The van der Waals surface area contributed by atoms with Crippen LogP contribution in [0.5, 0.6) is 0 Å². The van der Waals surface area contributed by atoms with Gasteiger partial charge in [0.1, 0.15) is 0 Å². The number of carbonyl (C=O) groups is 1. The quantitative estimate of drug-likeness (QED) is 0.507. The van der Waals surface area contributed by atoms with Crippen molar-refractivity contribution in [2.75, 3.05) is 11.1 Å². The number of anilines is 1. The van der Waals surface area contributed by atoms with Crippen molar-refractivity contribution in [3.05, 3.63) is 47.9 Å². The number of hydrogen-bond donors (Lipinski definition) is 1. The minimum atomic E-state index is -0.150. The first-order valence-corrected chi connectivity index (χ1v) is 9.34. The zero-order valence-corrected chi connectivity index (χ0v) is 15.2. The first-order chi connectivity index (χ1) is 12.2. The first-order valence-electron chi connectivity index (χ1n) is 7.48. The number of benzene rings is 1. The molecular weight excluding hydrogens is 356 g/mol. The predicted octanol–water partition coefficient (Wildman–Crippen LogP) is 3.02. The van der Waals surface area contributed by atoms with E-state index in [-0.39, 0.29) is 11.7 Å². The fraction of sp³-hybridized carbons (Fsp3) is 0.188. The Hall–Kier alpha value is -2.52. The van der Waals surface area contributed by atoms with Crippen molar-refractivity contribution in [3.8, 4) is 11.3 Å². The Morgan fingerprint density at radius 2 is 2.20 bits per heavy atom. The fourth-order valence-corrected chi connectivity index (χ4v) is 3.43. The third-order valence-corrected chi connectivity index (χ3v) is 4.95. The molecule has 25 heavy (non-hydrogen) atoms. The van der Waals surface area contributed by atoms with E-state index >= 15 is 0 Å². The highest BCUT2D eigenvalue weighted by molar-refractivity contribution is 7.99. The molecule has 0 spiro atoms. The summed E-state index contributed by atoms with van der Waals surface area (Å²) in [5.41, 5.74) is 3.08. The molecule has 3 rings (SSSR count). The van der Waals surface area contributed by atoms with Gasteiger partial charge in [-0.3, -0.25) is 4.79 Å². The molecule has 0 unspecified atom stereocenters. The summed E-state index contributed by atoms with van der Waals surface area (Å²) in [7, 11) is 0. The van der Waals surface area contributed by atoms with Crippen LogP contribution >= 0.6 is 23.1 Å². The molecule has 0 saturated heterocycles. The topological polar surface area (TPSA) is 85.6 Å². The van der Waals surface area contributed by atoms with Gasteiger partial charge in [-0.05, 0) is 17.4 Å². The molecule has 0 aliphatic heterocycles. The summed E-state index contributed by atoms with van der Waals surface area (Å²) >= 11 is 2.67. The zero-order chi connectivity index (χ0) is 17.6. The molecule has 9 heteroatoms. The van der Waals surface area contributed by atoms with Crippen LogP contribution in [0.25, 0.3) is 11.3 Å². The summed E-state index contributed by atoms with van der Waals surface area (Å²) in [5.74, 6) is 0.0553. The second-order valence-electron chi connectivity index (χ2n) is 5.17. The van der Waals surface area contributed by atoms with Crippen LogP contribution in [-0.2, 0) is 11.3 Å². The van der Waals surface area contributed by atoms with Crippen LogP contribution in [0, 0.1) is 6.92 Å². The van der Waals surface area contributed by atoms with Gasteiger partial charge < -0.3 is 5.32 Å². The Morgan fingerprint density at radius 1 is 1.40 bits per heavy atom. The van der Waals surface area contributed by atoms with Gasteiger partial charge in [0.25, 0.3) is 0 Å². The molecule has 0 aliphatic rings. The minimum Gasteiger partial charge on any atom is -0.301 e. The summed E-state index contributed by atoms with van der Waals surface area (Å²) in [6, 6.07) is 8.12. The Morgan fingerprint density at radius 3 is 2.96 bits per heavy atom. The molecule has 2 aromatic heterocycles. The summed E-state index contributed by atoms with van der Waals surface area (Å²) in [6.07, 6.45) is 1.70. The highest BCUT2D eigenvalue weighted by atomic mass is 32.2. The highest BCUT2D eigenvalue weighted by Gasteiger charge is 2.11. The van der Waals surface area contributed by atoms with Crippen LogP contribution in [0.3, 0.4) is 0 Å². The summed E-state index contributed by atoms with van der Waals surface area (Å²) in [4.78, 5) is 16.6. The molecule has 1 N–H and O–H groups in total. The van der Waals surface area contributed by atoms with E-state index in [1.165, 1.54) is 28.7 Å². The van der Waals surface area contributed by atoms with Crippen molar-refractivity contribution in [3.63, 3.8) is 0 Å². The SMILES string of the molecule is C=CCn1nnnc1SCC(=O)Nc1nc(-c2ccc(C)cc2)cs1. The number of allylic oxidation sites excluding steroid dienone is 1. The van der Waals surface area contributed by atoms with Crippen LogP contribution in [0.1, 0.15) is 5.56 Å². The standard InChI is InChI=1S/C16H16N6OS2/c1-3-8-22-16(19-20-21-22)25-10-14(23)18-15-17-13(9-24-15)12-6-4-11(2)5-7-12/h3-7,9H,1,8,10H2,2H3,(H,17,18,23). The third kappa shape index (κ3) is 4.52. The summed E-state index contributed by atoms with van der Waals surface area (Å²) in [5, 5.41) is 17.2. The number of rotatable bonds is 7. The largest absolute Gasteiger partial charge is 0.301 e. The van der Waals surface area contributed by atoms with Gasteiger partial charge in [-0.15, -0.1) is 23.0 Å². The van der Waals surface area contributed by atoms with E-state index in [0.717, 1.165) is 11.3 Å². The molecule has 1 aromatic carbocycles. The Kier molecular flexibility index (Phi) is 5.56. The number of hydrogen-bond acceptors (Lipinski definition) is 7. The van der Waals surface area contributed by atoms with Gasteiger partial charge in [-0.2, -0.15) is 0 Å². The van der Waals surface area contributed by atoms with E-state index in [1.54, 1.807) is 10.8 Å². The zero-order valence-electron chi connectivity index (χ0n) is 13.5. The van der Waals surface area contributed by atoms with Crippen LogP contribution < -0.4 is 5.32 Å². The second kappa shape index (κ2) is 8.04. The summed E-state index contributed by atoms with van der Waals surface area (Å²) in [6.45, 7) is 6.19. The van der Waals surface area contributed by atoms with E-state index in [2.05, 4.69) is 32.4 Å². The predicted molar refractivity (Wildman–Crippen MR) is 99.7 cm³/mol. The normalized spacial score (nSPS) is 10.6. The average molecular weight is 372 g/mol. The van der Waals surface area contributed by atoms with Crippen molar-refractivity contribution in [2.24, 2.45) is 0 Å². The van der Waals surface area contributed by atoms with Gasteiger partial charge in [-0.25, -0.2) is 9.67 Å². The molecule has 0 radical (unpaired) electrons. The van der Waals surface area contributed by atoms with Crippen LogP contribution in [-0.4, -0.2) is 36.9 Å². The molecule has 1 amide bonds. The molecule has 0 aliphatic carbocycles. The van der Waals surface area contributed by atoms with Crippen LogP contribution in [0.15, 0.2) is 47.5 Å². The van der Waals surface area contributed by atoms with Crippen molar-refractivity contribution in [2.45, 2.75) is 18.6 Å². The lowest BCUT2D eigenvalue weighted by molar-refractivity contribution is -0.113. The number of aromatic nitrogens is 5. The van der Waals surface area contributed by atoms with E-state index in [0.29, 0.717) is 16.8 Å². The molecule has 0 saturated carbocycles. The van der Waals surface area contributed by atoms with Gasteiger partial charge in [0.15, 0.2) is 5.13 Å². The molecule has 128 valence electrons. The van der Waals surface area contributed by atoms with Crippen LogP contribution in [0.4, 0.5) is 5.13 Å². The summed E-state index contributed by atoms with van der Waals surface area (Å²) < 4.78 is 1.59. The molecule has 7 nitrogen and oxygen atoms in total. The van der Waals surface area contributed by atoms with Crippen molar-refractivity contribution < 1.29 is 4.79 Å². The second-order valence-corrected chi connectivity index (χ2v) is 6.97. The minimum absolute atomic E-state index is 0.150. The van der Waals surface area contributed by atoms with Crippen molar-refractivity contribution in [1.82, 2.24) is 25.2 Å². The third-order valence-electron chi connectivity index (χ3n) is 3.23. The smallest absolute Gasteiger partial charge is 0.236 e. The number of nitrogens with one attached hydrogen (secondary N) is 1. The Balaban J connectivity index is 1.57. The monoisotopic (exact) mass is 372 g/mol. The Labute approximate surface area is 153 Å². The van der Waals surface area contributed by atoms with Crippen LogP contribution in [0.2, 0.25) is 0 Å². The van der Waals surface area contributed by atoms with Gasteiger partial charge in [0.2, 0.25) is 11.1 Å². The maximum atomic E-state index is 12.1. The maximum absolute atomic E-state index is 12.1. The number of thiazole rings is 1. The van der Waals surface area contributed by atoms with E-state index in [4.69, 9.17) is 0 Å². The lowest BCUT2D eigenvalue weighted by Gasteiger charge is -2.02. The molecular formula is C16H16N6OS2. The fourth-order valence-electron chi connectivity index (χ4n) is 2.01. The number of nitrogens with zero attached hydrogens (tertiary/aromatic N) is 5. The molecule has 0 atom stereocenters. The van der Waals surface area contributed by atoms with Gasteiger partial charge >= 0.3 is 0 Å². The number of amides is 1. The Bertz CT molecular complexity index is 871. The lowest BCUT2D eigenvalue weighted by Crippen LogP contribution is -2.14. The van der Waals surface area contributed by atoms with E-state index in [1.807, 2.05) is 36.6 Å². The highest BCUT2D eigenvalue weighted by Crippen LogP contribution is 2.25. The van der Waals surface area contributed by atoms with Gasteiger partial charge in [0, 0.05) is 10.9 Å². The number of carbonyl (C=O) groups excluding carboxylic acids is 1. The van der Waals surface area contributed by atoms with E-state index in [9.17, 15) is 4.79 Å². The van der Waals surface area contributed by atoms with Gasteiger partial charge in [0.05, 0.1) is 18.0 Å². The van der Waals surface area contributed by atoms with Crippen molar-refractivity contribution in [1.29, 1.82) is 0 Å². The molecule has 3 aromatic rings. The molecule has 2 heterocycles. The number of aryl methyl sites for hydroxylation is 1. The first kappa shape index (κ1) is 17.3. The average Bonchev–Trinajstić information content (AvgIpc) is 3.24. The maximum Gasteiger partial charge on any atom is 0.236 e. The van der Waals surface area contributed by atoms with Gasteiger partial charge in [-0.1, -0.05) is 47.7 Å².